The van der Waals surface area contributed by atoms with Crippen LogP contribution in [0.15, 0.2) is 53.3 Å². The molecule has 2 aromatic rings. The lowest BCUT2D eigenvalue weighted by atomic mass is 10.2. The predicted octanol–water partition coefficient (Wildman–Crippen LogP) is 2.83. The molecule has 0 saturated carbocycles. The van der Waals surface area contributed by atoms with Gasteiger partial charge in [0.25, 0.3) is 11.8 Å². The maximum Gasteiger partial charge on any atom is 0.255 e. The number of rotatable bonds is 2. The summed E-state index contributed by atoms with van der Waals surface area (Å²) in [6.45, 7) is 2.38. The predicted molar refractivity (Wildman–Crippen MR) is 94.8 cm³/mol. The van der Waals surface area contributed by atoms with E-state index in [0.29, 0.717) is 37.3 Å². The van der Waals surface area contributed by atoms with Gasteiger partial charge in [-0.3, -0.25) is 14.6 Å². The van der Waals surface area contributed by atoms with Crippen LogP contribution in [0.1, 0.15) is 27.1 Å². The van der Waals surface area contributed by atoms with E-state index in [-0.39, 0.29) is 11.8 Å². The van der Waals surface area contributed by atoms with E-state index in [2.05, 4.69) is 20.9 Å². The largest absolute Gasteiger partial charge is 0.337 e. The highest BCUT2D eigenvalue weighted by Crippen LogP contribution is 2.15. The molecule has 0 bridgehead atoms. The molecule has 1 saturated heterocycles. The van der Waals surface area contributed by atoms with Crippen LogP contribution < -0.4 is 0 Å². The molecule has 0 unspecified atom stereocenters. The molecule has 2 heterocycles. The second-order valence-electron chi connectivity index (χ2n) is 5.69. The minimum absolute atomic E-state index is 0.00646. The van der Waals surface area contributed by atoms with Crippen LogP contribution >= 0.6 is 15.9 Å². The Morgan fingerprint density at radius 1 is 0.917 bits per heavy atom. The third-order valence-electron chi connectivity index (χ3n) is 4.05. The van der Waals surface area contributed by atoms with Crippen LogP contribution in [-0.2, 0) is 0 Å². The second-order valence-corrected chi connectivity index (χ2v) is 6.61. The van der Waals surface area contributed by atoms with Gasteiger partial charge in [0, 0.05) is 48.6 Å². The first-order chi connectivity index (χ1) is 11.6. The van der Waals surface area contributed by atoms with Crippen molar-refractivity contribution in [2.24, 2.45) is 0 Å². The van der Waals surface area contributed by atoms with Gasteiger partial charge in [-0.25, -0.2) is 0 Å². The Labute approximate surface area is 149 Å². The number of halogens is 1. The highest BCUT2D eigenvalue weighted by atomic mass is 79.9. The van der Waals surface area contributed by atoms with Crippen molar-refractivity contribution >= 4 is 27.7 Å². The van der Waals surface area contributed by atoms with Crippen molar-refractivity contribution in [3.05, 3.63) is 64.4 Å². The summed E-state index contributed by atoms with van der Waals surface area (Å²) < 4.78 is 0.886. The fourth-order valence-corrected chi connectivity index (χ4v) is 3.20. The highest BCUT2D eigenvalue weighted by molar-refractivity contribution is 9.10. The Kier molecular flexibility index (Phi) is 5.25. The summed E-state index contributed by atoms with van der Waals surface area (Å²) in [5.74, 6) is -0.0215. The number of amides is 2. The Morgan fingerprint density at radius 3 is 2.21 bits per heavy atom. The average molecular weight is 388 g/mol. The molecule has 124 valence electrons. The molecule has 0 aliphatic carbocycles. The first-order valence-electron chi connectivity index (χ1n) is 7.89. The lowest BCUT2D eigenvalue weighted by Crippen LogP contribution is -2.37. The van der Waals surface area contributed by atoms with Crippen molar-refractivity contribution < 1.29 is 9.59 Å². The maximum absolute atomic E-state index is 12.6. The quantitative estimate of drug-likeness (QED) is 0.795. The molecule has 1 fully saturated rings. The molecule has 2 amide bonds. The van der Waals surface area contributed by atoms with Gasteiger partial charge in [0.1, 0.15) is 0 Å². The minimum Gasteiger partial charge on any atom is -0.337 e. The average Bonchev–Trinajstić information content (AvgIpc) is 2.87. The van der Waals surface area contributed by atoms with Gasteiger partial charge in [0.05, 0.1) is 5.56 Å². The molecule has 24 heavy (non-hydrogen) atoms. The van der Waals surface area contributed by atoms with Gasteiger partial charge in [-0.1, -0.05) is 22.0 Å². The standard InChI is InChI=1S/C18H18BrN3O2/c19-16-6-1-4-14(12-16)17(23)21-8-3-9-22(11-10-21)18(24)15-5-2-7-20-13-15/h1-2,4-7,12-13H,3,8-11H2. The summed E-state index contributed by atoms with van der Waals surface area (Å²) in [6.07, 6.45) is 4.00. The molecule has 1 aromatic carbocycles. The maximum atomic E-state index is 12.6. The molecular formula is C18H18BrN3O2. The van der Waals surface area contributed by atoms with Gasteiger partial charge in [-0.2, -0.15) is 0 Å². The van der Waals surface area contributed by atoms with Gasteiger partial charge in [-0.15, -0.1) is 0 Å². The van der Waals surface area contributed by atoms with Gasteiger partial charge in [0.15, 0.2) is 0 Å². The number of nitrogens with zero attached hydrogens (tertiary/aromatic N) is 3. The molecule has 1 aliphatic heterocycles. The lowest BCUT2D eigenvalue weighted by Gasteiger charge is -2.22. The molecule has 0 radical (unpaired) electrons. The van der Waals surface area contributed by atoms with Crippen molar-refractivity contribution in [3.8, 4) is 0 Å². The van der Waals surface area contributed by atoms with Gasteiger partial charge >= 0.3 is 0 Å². The molecule has 0 N–H and O–H groups in total. The van der Waals surface area contributed by atoms with Crippen LogP contribution in [0.25, 0.3) is 0 Å². The van der Waals surface area contributed by atoms with Crippen LogP contribution in [0.4, 0.5) is 0 Å². The Bertz CT molecular complexity index is 736. The van der Waals surface area contributed by atoms with Crippen molar-refractivity contribution in [1.29, 1.82) is 0 Å². The topological polar surface area (TPSA) is 53.5 Å². The molecule has 1 aromatic heterocycles. The number of hydrogen-bond donors (Lipinski definition) is 0. The zero-order valence-electron chi connectivity index (χ0n) is 13.2. The van der Waals surface area contributed by atoms with Crippen LogP contribution in [-0.4, -0.2) is 52.8 Å². The smallest absolute Gasteiger partial charge is 0.255 e. The lowest BCUT2D eigenvalue weighted by molar-refractivity contribution is 0.0718. The third kappa shape index (κ3) is 3.82. The van der Waals surface area contributed by atoms with Gasteiger partial charge in [-0.05, 0) is 36.8 Å². The van der Waals surface area contributed by atoms with Crippen molar-refractivity contribution in [2.45, 2.75) is 6.42 Å². The molecule has 6 heteroatoms. The van der Waals surface area contributed by atoms with E-state index in [4.69, 9.17) is 0 Å². The van der Waals surface area contributed by atoms with Crippen LogP contribution in [0, 0.1) is 0 Å². The first kappa shape index (κ1) is 16.6. The summed E-state index contributed by atoms with van der Waals surface area (Å²) in [6, 6.07) is 10.9. The molecule has 5 nitrogen and oxygen atoms in total. The molecule has 0 spiro atoms. The molecule has 0 atom stereocenters. The van der Waals surface area contributed by atoms with Gasteiger partial charge < -0.3 is 9.80 Å². The van der Waals surface area contributed by atoms with E-state index in [1.807, 2.05) is 29.2 Å². The van der Waals surface area contributed by atoms with E-state index in [1.54, 1.807) is 29.4 Å². The summed E-state index contributed by atoms with van der Waals surface area (Å²) >= 11 is 3.39. The number of carbonyl (C=O) groups excluding carboxylic acids is 2. The minimum atomic E-state index is -0.0279. The SMILES string of the molecule is O=C(c1cccnc1)N1CCCN(C(=O)c2cccc(Br)c2)CC1. The third-order valence-corrected chi connectivity index (χ3v) is 4.54. The van der Waals surface area contributed by atoms with E-state index >= 15 is 0 Å². The van der Waals surface area contributed by atoms with Crippen LogP contribution in [0.2, 0.25) is 0 Å². The van der Waals surface area contributed by atoms with E-state index in [9.17, 15) is 9.59 Å². The number of carbonyl (C=O) groups is 2. The van der Waals surface area contributed by atoms with E-state index < -0.39 is 0 Å². The number of pyridine rings is 1. The summed E-state index contributed by atoms with van der Waals surface area (Å²) in [7, 11) is 0. The Morgan fingerprint density at radius 2 is 1.58 bits per heavy atom. The zero-order valence-corrected chi connectivity index (χ0v) is 14.8. The number of benzene rings is 1. The Balaban J connectivity index is 1.67. The molecule has 1 aliphatic rings. The van der Waals surface area contributed by atoms with E-state index in [0.717, 1.165) is 10.9 Å². The Hall–Kier alpha value is -2.21. The summed E-state index contributed by atoms with van der Waals surface area (Å²) in [4.78, 5) is 32.8. The zero-order chi connectivity index (χ0) is 16.9. The first-order valence-corrected chi connectivity index (χ1v) is 8.68. The normalized spacial score (nSPS) is 15.0. The van der Waals surface area contributed by atoms with Crippen molar-refractivity contribution in [2.75, 3.05) is 26.2 Å². The summed E-state index contributed by atoms with van der Waals surface area (Å²) in [5, 5.41) is 0. The van der Waals surface area contributed by atoms with E-state index in [1.165, 1.54) is 0 Å². The second kappa shape index (κ2) is 7.57. The number of aromatic nitrogens is 1. The highest BCUT2D eigenvalue weighted by Gasteiger charge is 2.23. The molecule has 3 rings (SSSR count). The van der Waals surface area contributed by atoms with Crippen LogP contribution in [0.5, 0.6) is 0 Å². The van der Waals surface area contributed by atoms with Gasteiger partial charge in [0.2, 0.25) is 0 Å². The fourth-order valence-electron chi connectivity index (χ4n) is 2.80. The molecular weight excluding hydrogens is 370 g/mol. The summed E-state index contributed by atoms with van der Waals surface area (Å²) in [5.41, 5.74) is 1.25. The monoisotopic (exact) mass is 387 g/mol. The van der Waals surface area contributed by atoms with Crippen molar-refractivity contribution in [1.82, 2.24) is 14.8 Å². The van der Waals surface area contributed by atoms with Crippen LogP contribution in [0.3, 0.4) is 0 Å². The number of hydrogen-bond acceptors (Lipinski definition) is 3. The fraction of sp³-hybridized carbons (Fsp3) is 0.278. The van der Waals surface area contributed by atoms with Crippen molar-refractivity contribution in [3.63, 3.8) is 0 Å².